The van der Waals surface area contributed by atoms with Gasteiger partial charge in [0.15, 0.2) is 0 Å². The molecule has 1 N–H and O–H groups in total. The molecule has 3 rings (SSSR count). The molecular formula is C19H22N2O3. The number of carbonyl (C=O) groups is 1. The van der Waals surface area contributed by atoms with Gasteiger partial charge in [0.2, 0.25) is 5.88 Å². The van der Waals surface area contributed by atoms with E-state index in [2.05, 4.69) is 16.4 Å². The van der Waals surface area contributed by atoms with Crippen LogP contribution in [0.1, 0.15) is 41.6 Å². The fourth-order valence-corrected chi connectivity index (χ4v) is 2.92. The molecule has 0 radical (unpaired) electrons. The van der Waals surface area contributed by atoms with E-state index in [4.69, 9.17) is 9.47 Å². The van der Waals surface area contributed by atoms with Crippen LogP contribution in [0.4, 0.5) is 0 Å². The monoisotopic (exact) mass is 326 g/mol. The number of esters is 1. The smallest absolute Gasteiger partial charge is 0.338 e. The van der Waals surface area contributed by atoms with Gasteiger partial charge in [-0.25, -0.2) is 9.78 Å². The highest BCUT2D eigenvalue weighted by Crippen LogP contribution is 2.33. The van der Waals surface area contributed by atoms with E-state index in [0.29, 0.717) is 29.7 Å². The molecule has 24 heavy (non-hydrogen) atoms. The SMILES string of the molecule is CCOC(=O)c1ccc(Oc2ncccc2C2CCNCC2)cc1. The summed E-state index contributed by atoms with van der Waals surface area (Å²) in [5.74, 6) is 1.45. The molecule has 0 atom stereocenters. The van der Waals surface area contributed by atoms with Crippen molar-refractivity contribution in [2.24, 2.45) is 0 Å². The molecular weight excluding hydrogens is 304 g/mol. The maximum absolute atomic E-state index is 11.7. The first-order chi connectivity index (χ1) is 11.8. The molecule has 1 aliphatic heterocycles. The Hall–Kier alpha value is -2.40. The summed E-state index contributed by atoms with van der Waals surface area (Å²) in [6, 6.07) is 11.0. The average molecular weight is 326 g/mol. The van der Waals surface area contributed by atoms with Gasteiger partial charge in [-0.15, -0.1) is 0 Å². The molecule has 0 amide bonds. The highest BCUT2D eigenvalue weighted by molar-refractivity contribution is 5.89. The standard InChI is InChI=1S/C19H22N2O3/c1-2-23-19(22)15-5-7-16(8-6-15)24-18-17(4-3-11-21-18)14-9-12-20-13-10-14/h3-8,11,14,20H,2,9-10,12-13H2,1H3. The predicted octanol–water partition coefficient (Wildman–Crippen LogP) is 3.52. The number of nitrogens with one attached hydrogen (secondary N) is 1. The number of piperidine rings is 1. The zero-order valence-electron chi connectivity index (χ0n) is 13.8. The maximum atomic E-state index is 11.7. The Bertz CT molecular complexity index is 679. The second kappa shape index (κ2) is 7.93. The molecule has 2 aromatic rings. The molecule has 0 bridgehead atoms. The summed E-state index contributed by atoms with van der Waals surface area (Å²) < 4.78 is 11.0. The number of rotatable bonds is 5. The summed E-state index contributed by atoms with van der Waals surface area (Å²) in [5, 5.41) is 3.38. The van der Waals surface area contributed by atoms with Crippen LogP contribution in [-0.4, -0.2) is 30.6 Å². The van der Waals surface area contributed by atoms with Gasteiger partial charge in [0.1, 0.15) is 5.75 Å². The highest BCUT2D eigenvalue weighted by Gasteiger charge is 2.20. The van der Waals surface area contributed by atoms with E-state index < -0.39 is 0 Å². The zero-order valence-corrected chi connectivity index (χ0v) is 13.8. The molecule has 1 aromatic heterocycles. The van der Waals surface area contributed by atoms with Crippen LogP contribution in [0, 0.1) is 0 Å². The van der Waals surface area contributed by atoms with Gasteiger partial charge < -0.3 is 14.8 Å². The van der Waals surface area contributed by atoms with E-state index in [0.717, 1.165) is 31.5 Å². The Morgan fingerprint density at radius 2 is 1.96 bits per heavy atom. The van der Waals surface area contributed by atoms with Crippen molar-refractivity contribution in [3.05, 3.63) is 53.7 Å². The summed E-state index contributed by atoms with van der Waals surface area (Å²) in [6.45, 7) is 4.20. The molecule has 5 nitrogen and oxygen atoms in total. The fourth-order valence-electron chi connectivity index (χ4n) is 2.92. The molecule has 1 aliphatic rings. The molecule has 2 heterocycles. The van der Waals surface area contributed by atoms with E-state index in [1.807, 2.05) is 6.07 Å². The molecule has 1 saturated heterocycles. The first kappa shape index (κ1) is 16.5. The van der Waals surface area contributed by atoms with Crippen molar-refractivity contribution in [1.29, 1.82) is 0 Å². The highest BCUT2D eigenvalue weighted by atomic mass is 16.5. The summed E-state index contributed by atoms with van der Waals surface area (Å²) in [6.07, 6.45) is 3.92. The fraction of sp³-hybridized carbons (Fsp3) is 0.368. The van der Waals surface area contributed by atoms with Gasteiger partial charge in [0.25, 0.3) is 0 Å². The maximum Gasteiger partial charge on any atom is 0.338 e. The molecule has 0 unspecified atom stereocenters. The minimum Gasteiger partial charge on any atom is -0.462 e. The lowest BCUT2D eigenvalue weighted by molar-refractivity contribution is 0.0526. The Morgan fingerprint density at radius 3 is 2.67 bits per heavy atom. The lowest BCUT2D eigenvalue weighted by Crippen LogP contribution is -2.26. The van der Waals surface area contributed by atoms with Crippen LogP contribution in [-0.2, 0) is 4.74 Å². The number of hydrogen-bond donors (Lipinski definition) is 1. The second-order valence-corrected chi connectivity index (χ2v) is 5.77. The second-order valence-electron chi connectivity index (χ2n) is 5.77. The number of pyridine rings is 1. The molecule has 1 aromatic carbocycles. The number of ether oxygens (including phenoxy) is 2. The first-order valence-electron chi connectivity index (χ1n) is 8.38. The predicted molar refractivity (Wildman–Crippen MR) is 91.6 cm³/mol. The molecule has 126 valence electrons. The van der Waals surface area contributed by atoms with Crippen LogP contribution in [0.5, 0.6) is 11.6 Å². The number of aromatic nitrogens is 1. The van der Waals surface area contributed by atoms with Gasteiger partial charge >= 0.3 is 5.97 Å². The minimum absolute atomic E-state index is 0.322. The molecule has 5 heteroatoms. The molecule has 0 aliphatic carbocycles. The lowest BCUT2D eigenvalue weighted by atomic mass is 9.91. The van der Waals surface area contributed by atoms with Gasteiger partial charge in [-0.2, -0.15) is 0 Å². The van der Waals surface area contributed by atoms with Crippen molar-refractivity contribution in [3.63, 3.8) is 0 Å². The Labute approximate surface area is 142 Å². The van der Waals surface area contributed by atoms with Crippen molar-refractivity contribution in [2.45, 2.75) is 25.7 Å². The van der Waals surface area contributed by atoms with E-state index in [9.17, 15) is 4.79 Å². The third kappa shape index (κ3) is 3.92. The first-order valence-corrected chi connectivity index (χ1v) is 8.38. The van der Waals surface area contributed by atoms with Gasteiger partial charge in [-0.05, 0) is 69.1 Å². The zero-order chi connectivity index (χ0) is 16.8. The van der Waals surface area contributed by atoms with E-state index >= 15 is 0 Å². The summed E-state index contributed by atoms with van der Waals surface area (Å²) in [5.41, 5.74) is 1.66. The van der Waals surface area contributed by atoms with Crippen molar-refractivity contribution in [1.82, 2.24) is 10.3 Å². The average Bonchev–Trinajstić information content (AvgIpc) is 2.64. The molecule has 0 saturated carbocycles. The third-order valence-corrected chi connectivity index (χ3v) is 4.16. The van der Waals surface area contributed by atoms with E-state index in [1.165, 1.54) is 0 Å². The van der Waals surface area contributed by atoms with Crippen LogP contribution in [0.25, 0.3) is 0 Å². The van der Waals surface area contributed by atoms with Gasteiger partial charge in [0, 0.05) is 11.8 Å². The topological polar surface area (TPSA) is 60.5 Å². The summed E-state index contributed by atoms with van der Waals surface area (Å²) >= 11 is 0. The van der Waals surface area contributed by atoms with Crippen LogP contribution in [0.3, 0.4) is 0 Å². The number of benzene rings is 1. The Kier molecular flexibility index (Phi) is 5.43. The van der Waals surface area contributed by atoms with Crippen LogP contribution in [0.2, 0.25) is 0 Å². The largest absolute Gasteiger partial charge is 0.462 e. The van der Waals surface area contributed by atoms with Crippen molar-refractivity contribution < 1.29 is 14.3 Å². The summed E-state index contributed by atoms with van der Waals surface area (Å²) in [7, 11) is 0. The third-order valence-electron chi connectivity index (χ3n) is 4.16. The summed E-state index contributed by atoms with van der Waals surface area (Å²) in [4.78, 5) is 16.1. The number of carbonyl (C=O) groups excluding carboxylic acids is 1. The van der Waals surface area contributed by atoms with Gasteiger partial charge in [-0.1, -0.05) is 6.07 Å². The van der Waals surface area contributed by atoms with Crippen molar-refractivity contribution in [2.75, 3.05) is 19.7 Å². The number of nitrogens with zero attached hydrogens (tertiary/aromatic N) is 1. The van der Waals surface area contributed by atoms with Crippen LogP contribution < -0.4 is 10.1 Å². The molecule has 0 spiro atoms. The Morgan fingerprint density at radius 1 is 1.21 bits per heavy atom. The van der Waals surface area contributed by atoms with E-state index in [1.54, 1.807) is 37.4 Å². The van der Waals surface area contributed by atoms with Crippen LogP contribution >= 0.6 is 0 Å². The minimum atomic E-state index is -0.322. The number of hydrogen-bond acceptors (Lipinski definition) is 5. The molecule has 1 fully saturated rings. The Balaban J connectivity index is 1.75. The quantitative estimate of drug-likeness (QED) is 0.852. The van der Waals surface area contributed by atoms with Crippen LogP contribution in [0.15, 0.2) is 42.6 Å². The van der Waals surface area contributed by atoms with Crippen molar-refractivity contribution >= 4 is 5.97 Å². The van der Waals surface area contributed by atoms with Gasteiger partial charge in [0.05, 0.1) is 12.2 Å². The normalized spacial score (nSPS) is 15.0. The lowest BCUT2D eigenvalue weighted by Gasteiger charge is -2.24. The van der Waals surface area contributed by atoms with E-state index in [-0.39, 0.29) is 5.97 Å². The van der Waals surface area contributed by atoms with Gasteiger partial charge in [-0.3, -0.25) is 0 Å². The van der Waals surface area contributed by atoms with Crippen molar-refractivity contribution in [3.8, 4) is 11.6 Å².